The number of carboxylic acid groups (broad SMARTS) is 2. The second kappa shape index (κ2) is 11.7. The number of carboxylic acids is 2. The van der Waals surface area contributed by atoms with Crippen molar-refractivity contribution in [3.8, 4) is 0 Å². The smallest absolute Gasteiger partial charge is 0.352 e. The number of nitrogens with zero attached hydrogens (tertiary/aromatic N) is 5. The molecule has 2 aliphatic rings. The SMILES string of the molecule is C[C@@H](O/N=C(\C(=O)NC1C(=O)N2C(C(=O)O)=C(CSc3nc(N)c(N)c(N)[n+]3C)CS[C@H]12)c1csc(N)n1)C(=O)O. The van der Waals surface area contributed by atoms with E-state index in [1.807, 2.05) is 0 Å². The zero-order valence-electron chi connectivity index (χ0n) is 21.4. The normalized spacial score (nSPS) is 19.3. The molecule has 0 radical (unpaired) electrons. The summed E-state index contributed by atoms with van der Waals surface area (Å²) in [5, 5.41) is 26.4. The average Bonchev–Trinajstić information content (AvgIpc) is 3.36. The first-order valence-corrected chi connectivity index (χ1v) is 14.4. The van der Waals surface area contributed by atoms with Gasteiger partial charge in [-0.1, -0.05) is 10.1 Å². The number of hydrogen-bond donors (Lipinski definition) is 7. The molecular weight excluding hydrogens is 600 g/mol. The van der Waals surface area contributed by atoms with Gasteiger partial charge in [0.1, 0.15) is 22.8 Å². The summed E-state index contributed by atoms with van der Waals surface area (Å²) < 4.78 is 1.52. The van der Waals surface area contributed by atoms with E-state index in [4.69, 9.17) is 32.9 Å². The van der Waals surface area contributed by atoms with Gasteiger partial charge < -0.3 is 43.3 Å². The van der Waals surface area contributed by atoms with Crippen LogP contribution in [0, 0.1) is 0 Å². The van der Waals surface area contributed by atoms with Crippen LogP contribution in [0.2, 0.25) is 0 Å². The molecule has 2 aromatic rings. The van der Waals surface area contributed by atoms with Crippen LogP contribution in [0.4, 0.5) is 22.5 Å². The topological polar surface area (TPSA) is 279 Å². The molecule has 3 atom stereocenters. The van der Waals surface area contributed by atoms with Crippen LogP contribution in [0.1, 0.15) is 12.6 Å². The molecule has 4 rings (SSSR count). The van der Waals surface area contributed by atoms with Crippen molar-refractivity contribution in [2.24, 2.45) is 12.2 Å². The van der Waals surface area contributed by atoms with Crippen molar-refractivity contribution < 1.29 is 38.8 Å². The molecule has 0 aromatic carbocycles. The molecule has 0 aliphatic carbocycles. The number of fused-ring (bicyclic) bond motifs is 1. The van der Waals surface area contributed by atoms with Crippen molar-refractivity contribution in [2.75, 3.05) is 34.4 Å². The third-order valence-electron chi connectivity index (χ3n) is 5.96. The van der Waals surface area contributed by atoms with E-state index in [2.05, 4.69) is 20.4 Å². The summed E-state index contributed by atoms with van der Waals surface area (Å²) in [7, 11) is 1.63. The predicted octanol–water partition coefficient (Wildman–Crippen LogP) is -1.58. The Labute approximate surface area is 244 Å². The molecule has 0 saturated carbocycles. The molecule has 2 amide bonds. The second-order valence-electron chi connectivity index (χ2n) is 8.64. The monoisotopic (exact) mass is 625 g/mol. The Morgan fingerprint density at radius 3 is 2.61 bits per heavy atom. The van der Waals surface area contributed by atoms with E-state index in [0.717, 1.165) is 16.2 Å². The number of carbonyl (C=O) groups excluding carboxylic acids is 2. The van der Waals surface area contributed by atoms with Crippen LogP contribution in [0.3, 0.4) is 0 Å². The zero-order valence-corrected chi connectivity index (χ0v) is 23.9. The minimum atomic E-state index is -1.37. The lowest BCUT2D eigenvalue weighted by molar-refractivity contribution is -0.698. The molecule has 41 heavy (non-hydrogen) atoms. The van der Waals surface area contributed by atoms with Crippen molar-refractivity contribution in [3.63, 3.8) is 0 Å². The fourth-order valence-corrected chi connectivity index (χ4v) is 6.74. The first-order chi connectivity index (χ1) is 19.3. The van der Waals surface area contributed by atoms with Crippen LogP contribution < -0.4 is 32.8 Å². The minimum Gasteiger partial charge on any atom is -0.478 e. The number of thiazole rings is 1. The number of thioether (sulfide) groups is 2. The first kappa shape index (κ1) is 29.7. The molecular formula is C21H25N10O7S3+. The number of aromatic nitrogens is 3. The molecule has 2 aliphatic heterocycles. The van der Waals surface area contributed by atoms with E-state index >= 15 is 0 Å². The number of nitrogens with one attached hydrogen (secondary N) is 1. The number of rotatable bonds is 10. The van der Waals surface area contributed by atoms with E-state index in [1.54, 1.807) is 7.05 Å². The Kier molecular flexibility index (Phi) is 8.44. The molecule has 1 saturated heterocycles. The molecule has 1 unspecified atom stereocenters. The maximum atomic E-state index is 13.1. The van der Waals surface area contributed by atoms with Crippen LogP contribution >= 0.6 is 34.9 Å². The summed E-state index contributed by atoms with van der Waals surface area (Å²) in [6.07, 6.45) is -1.37. The molecule has 20 heteroatoms. The van der Waals surface area contributed by atoms with Gasteiger partial charge in [0.25, 0.3) is 11.8 Å². The van der Waals surface area contributed by atoms with Gasteiger partial charge in [-0.3, -0.25) is 14.5 Å². The second-order valence-corrected chi connectivity index (χ2v) is 11.6. The highest BCUT2D eigenvalue weighted by Crippen LogP contribution is 2.41. The Bertz CT molecular complexity index is 1510. The Morgan fingerprint density at radius 1 is 1.29 bits per heavy atom. The molecule has 218 valence electrons. The van der Waals surface area contributed by atoms with Crippen LogP contribution in [-0.4, -0.2) is 83.6 Å². The summed E-state index contributed by atoms with van der Waals surface area (Å²) in [4.78, 5) is 63.7. The number of nitrogen functional groups attached to an aromatic ring is 4. The average molecular weight is 626 g/mol. The van der Waals surface area contributed by atoms with Crippen LogP contribution in [-0.2, 0) is 31.1 Å². The largest absolute Gasteiger partial charge is 0.478 e. The van der Waals surface area contributed by atoms with Crippen molar-refractivity contribution in [3.05, 3.63) is 22.3 Å². The standard InChI is InChI=1S/C21H24N10O7S3/c1-6(18(34)35)38-29-10(8-5-40-20(25)26-8)15(32)27-11-16(33)31-12(19(36)37)7(3-39-17(11)31)4-41-21-28-13(23)9(22)14(24)30(21)2/h5-6,11,17H,3-4H2,1-2H3,(H10,22,23,24,25,26,27,29,32,34,35,36,37)/p+1/t6-,11?,17-/m1/s1. The third-order valence-corrected chi connectivity index (χ3v) is 9.09. The lowest BCUT2D eigenvalue weighted by Gasteiger charge is -2.49. The van der Waals surface area contributed by atoms with Gasteiger partial charge in [0, 0.05) is 16.9 Å². The van der Waals surface area contributed by atoms with Gasteiger partial charge >= 0.3 is 17.1 Å². The lowest BCUT2D eigenvalue weighted by Crippen LogP contribution is -2.71. The van der Waals surface area contributed by atoms with Gasteiger partial charge in [-0.2, -0.15) is 0 Å². The molecule has 1 fully saturated rings. The molecule has 17 nitrogen and oxygen atoms in total. The van der Waals surface area contributed by atoms with Gasteiger partial charge in [0.15, 0.2) is 16.5 Å². The maximum Gasteiger partial charge on any atom is 0.352 e. The van der Waals surface area contributed by atoms with Gasteiger partial charge in [-0.25, -0.2) is 19.1 Å². The number of nitrogens with two attached hydrogens (primary N) is 4. The number of carbonyl (C=O) groups is 4. The highest BCUT2D eigenvalue weighted by molar-refractivity contribution is 8.01. The first-order valence-electron chi connectivity index (χ1n) is 11.5. The fourth-order valence-electron chi connectivity index (χ4n) is 3.72. The predicted molar refractivity (Wildman–Crippen MR) is 150 cm³/mol. The highest BCUT2D eigenvalue weighted by Gasteiger charge is 2.54. The van der Waals surface area contributed by atoms with E-state index in [0.29, 0.717) is 10.7 Å². The van der Waals surface area contributed by atoms with Gasteiger partial charge in [-0.05, 0) is 24.3 Å². The van der Waals surface area contributed by atoms with Crippen molar-refractivity contribution >= 4 is 86.8 Å². The Balaban J connectivity index is 1.52. The molecule has 11 N–H and O–H groups in total. The zero-order chi connectivity index (χ0) is 30.2. The molecule has 0 spiro atoms. The summed E-state index contributed by atoms with van der Waals surface area (Å²) in [6, 6.07) is -1.09. The van der Waals surface area contributed by atoms with E-state index in [-0.39, 0.29) is 45.4 Å². The summed E-state index contributed by atoms with van der Waals surface area (Å²) in [5.41, 5.74) is 23.2. The van der Waals surface area contributed by atoms with E-state index < -0.39 is 47.0 Å². The van der Waals surface area contributed by atoms with E-state index in [1.165, 1.54) is 40.4 Å². The van der Waals surface area contributed by atoms with Gasteiger partial charge in [0.05, 0.1) is 7.05 Å². The van der Waals surface area contributed by atoms with Gasteiger partial charge in [-0.15, -0.1) is 23.1 Å². The highest BCUT2D eigenvalue weighted by atomic mass is 32.2. The Morgan fingerprint density at radius 2 is 2.00 bits per heavy atom. The number of hydrogen-bond acceptors (Lipinski definition) is 15. The number of oxime groups is 1. The van der Waals surface area contributed by atoms with Crippen molar-refractivity contribution in [1.29, 1.82) is 0 Å². The number of anilines is 4. The van der Waals surface area contributed by atoms with Gasteiger partial charge in [0.2, 0.25) is 17.7 Å². The minimum absolute atomic E-state index is 0.0126. The maximum absolute atomic E-state index is 13.1. The molecule has 2 aromatic heterocycles. The van der Waals surface area contributed by atoms with Crippen LogP contribution in [0.15, 0.2) is 27.0 Å². The molecule has 4 heterocycles. The summed E-state index contributed by atoms with van der Waals surface area (Å²) in [6.45, 7) is 1.21. The van der Waals surface area contributed by atoms with Crippen molar-refractivity contribution in [1.82, 2.24) is 20.2 Å². The lowest BCUT2D eigenvalue weighted by atomic mass is 10.0. The molecule has 0 bridgehead atoms. The summed E-state index contributed by atoms with van der Waals surface area (Å²) >= 11 is 3.44. The van der Waals surface area contributed by atoms with Crippen LogP contribution in [0.5, 0.6) is 0 Å². The number of aliphatic carboxylic acids is 2. The van der Waals surface area contributed by atoms with E-state index in [9.17, 15) is 24.3 Å². The van der Waals surface area contributed by atoms with Crippen molar-refractivity contribution in [2.45, 2.75) is 29.6 Å². The number of amides is 2. The quantitative estimate of drug-likeness (QED) is 0.0391. The summed E-state index contributed by atoms with van der Waals surface area (Å²) in [5.74, 6) is -3.53. The third kappa shape index (κ3) is 5.79. The Hall–Kier alpha value is -4.30. The fraction of sp³-hybridized carbons (Fsp3) is 0.333. The number of β-lactam (4-membered cyclic amide) rings is 1. The van der Waals surface area contributed by atoms with Crippen LogP contribution in [0.25, 0.3) is 0 Å².